The lowest BCUT2D eigenvalue weighted by Crippen LogP contribution is -2.51. The fourth-order valence-corrected chi connectivity index (χ4v) is 5.77. The smallest absolute Gasteiger partial charge is 0.191 e. The zero-order valence-corrected chi connectivity index (χ0v) is 21.0. The summed E-state index contributed by atoms with van der Waals surface area (Å²) in [4.78, 5) is 7.12. The fraction of sp³-hybridized carbons (Fsp3) is 0.500. The van der Waals surface area contributed by atoms with E-state index in [2.05, 4.69) is 82.0 Å². The third-order valence-electron chi connectivity index (χ3n) is 7.51. The highest BCUT2D eigenvalue weighted by Gasteiger charge is 2.54. The van der Waals surface area contributed by atoms with Crippen LogP contribution in [0.5, 0.6) is 0 Å². The van der Waals surface area contributed by atoms with Gasteiger partial charge in [0, 0.05) is 38.8 Å². The molecule has 2 N–H and O–H groups in total. The van der Waals surface area contributed by atoms with Gasteiger partial charge in [0.05, 0.1) is 0 Å². The van der Waals surface area contributed by atoms with E-state index >= 15 is 0 Å². The minimum absolute atomic E-state index is 0. The summed E-state index contributed by atoms with van der Waals surface area (Å²) in [5.74, 6) is 3.36. The number of likely N-dealkylation sites (tertiary alicyclic amines) is 1. The van der Waals surface area contributed by atoms with Gasteiger partial charge in [-0.05, 0) is 60.6 Å². The van der Waals surface area contributed by atoms with E-state index in [0.29, 0.717) is 12.1 Å². The molecule has 31 heavy (non-hydrogen) atoms. The van der Waals surface area contributed by atoms with Crippen LogP contribution in [0, 0.1) is 11.8 Å². The van der Waals surface area contributed by atoms with E-state index in [1.807, 2.05) is 7.05 Å². The summed E-state index contributed by atoms with van der Waals surface area (Å²) in [7, 11) is 1.90. The van der Waals surface area contributed by atoms with E-state index in [9.17, 15) is 0 Å². The maximum Gasteiger partial charge on any atom is 0.191 e. The lowest BCUT2D eigenvalue weighted by Gasteiger charge is -2.38. The Morgan fingerprint density at radius 2 is 1.87 bits per heavy atom. The molecule has 166 valence electrons. The summed E-state index contributed by atoms with van der Waals surface area (Å²) in [6.07, 6.45) is 3.59. The Morgan fingerprint density at radius 1 is 1.10 bits per heavy atom. The molecular weight excluding hydrogens is 495 g/mol. The summed E-state index contributed by atoms with van der Waals surface area (Å²) in [5.41, 5.74) is 4.57. The van der Waals surface area contributed by atoms with Crippen LogP contribution in [0.25, 0.3) is 0 Å². The van der Waals surface area contributed by atoms with Gasteiger partial charge in [0.2, 0.25) is 0 Å². The SMILES string of the molecule is CN=C(NCC1C2Cc3ccccc3C12)NC1CCN(Cc2ccccc2)C(C)C1.I. The lowest BCUT2D eigenvalue weighted by atomic mass is 9.97. The van der Waals surface area contributed by atoms with Gasteiger partial charge in [-0.2, -0.15) is 0 Å². The van der Waals surface area contributed by atoms with Crippen LogP contribution in [0.2, 0.25) is 0 Å². The molecule has 5 heteroatoms. The van der Waals surface area contributed by atoms with Crippen LogP contribution in [0.4, 0.5) is 0 Å². The van der Waals surface area contributed by atoms with Gasteiger partial charge in [-0.15, -0.1) is 24.0 Å². The second-order valence-electron chi connectivity index (χ2n) is 9.38. The molecule has 4 nitrogen and oxygen atoms in total. The molecule has 5 rings (SSSR count). The lowest BCUT2D eigenvalue weighted by molar-refractivity contribution is 0.134. The number of fused-ring (bicyclic) bond motifs is 3. The highest BCUT2D eigenvalue weighted by atomic mass is 127. The van der Waals surface area contributed by atoms with Crippen LogP contribution < -0.4 is 10.6 Å². The summed E-state index contributed by atoms with van der Waals surface area (Å²) in [6, 6.07) is 20.9. The third-order valence-corrected chi connectivity index (χ3v) is 7.51. The molecule has 0 aromatic heterocycles. The van der Waals surface area contributed by atoms with Gasteiger partial charge >= 0.3 is 0 Å². The van der Waals surface area contributed by atoms with Crippen molar-refractivity contribution in [1.29, 1.82) is 0 Å². The van der Waals surface area contributed by atoms with Gasteiger partial charge in [0.25, 0.3) is 0 Å². The Labute approximate surface area is 203 Å². The van der Waals surface area contributed by atoms with E-state index in [4.69, 9.17) is 0 Å². The summed E-state index contributed by atoms with van der Waals surface area (Å²) < 4.78 is 0. The van der Waals surface area contributed by atoms with E-state index in [1.165, 1.54) is 18.4 Å². The predicted molar refractivity (Wildman–Crippen MR) is 139 cm³/mol. The molecule has 1 aliphatic heterocycles. The molecule has 0 spiro atoms. The molecule has 0 amide bonds. The van der Waals surface area contributed by atoms with Crippen molar-refractivity contribution in [3.05, 3.63) is 71.3 Å². The van der Waals surface area contributed by atoms with Gasteiger partial charge in [-0.25, -0.2) is 0 Å². The van der Waals surface area contributed by atoms with Crippen molar-refractivity contribution in [2.45, 2.75) is 50.7 Å². The highest BCUT2D eigenvalue weighted by Crippen LogP contribution is 2.60. The molecule has 2 aliphatic carbocycles. The molecule has 2 aromatic carbocycles. The minimum atomic E-state index is 0. The van der Waals surface area contributed by atoms with Crippen LogP contribution in [-0.2, 0) is 13.0 Å². The maximum atomic E-state index is 4.51. The van der Waals surface area contributed by atoms with Crippen LogP contribution >= 0.6 is 24.0 Å². The normalized spacial score (nSPS) is 29.5. The molecular formula is C26H35IN4. The molecule has 2 aromatic rings. The average molecular weight is 530 g/mol. The first-order valence-electron chi connectivity index (χ1n) is 11.6. The Hall–Kier alpha value is -1.60. The van der Waals surface area contributed by atoms with Crippen LogP contribution in [0.1, 0.15) is 42.4 Å². The largest absolute Gasteiger partial charge is 0.356 e. The van der Waals surface area contributed by atoms with Crippen molar-refractivity contribution in [3.8, 4) is 0 Å². The van der Waals surface area contributed by atoms with Gasteiger partial charge < -0.3 is 10.6 Å². The number of piperidine rings is 1. The number of halogens is 1. The fourth-order valence-electron chi connectivity index (χ4n) is 5.77. The minimum Gasteiger partial charge on any atom is -0.356 e. The second kappa shape index (κ2) is 9.90. The zero-order chi connectivity index (χ0) is 20.5. The number of nitrogens with one attached hydrogen (secondary N) is 2. The number of rotatable bonds is 5. The number of nitrogens with zero attached hydrogens (tertiary/aromatic N) is 2. The molecule has 0 radical (unpaired) electrons. The Morgan fingerprint density at radius 3 is 2.65 bits per heavy atom. The van der Waals surface area contributed by atoms with Crippen molar-refractivity contribution in [1.82, 2.24) is 15.5 Å². The van der Waals surface area contributed by atoms with Crippen molar-refractivity contribution in [2.24, 2.45) is 16.8 Å². The standard InChI is InChI=1S/C26H34N4.HI/c1-18-14-21(12-13-30(18)17-19-8-4-3-5-9-19)29-26(27-2)28-16-24-23-15-20-10-6-7-11-22(20)25(23)24;/h3-11,18,21,23-25H,12-17H2,1-2H3,(H2,27,28,29);1H. The Bertz CT molecular complexity index is 899. The van der Waals surface area contributed by atoms with E-state index < -0.39 is 0 Å². The zero-order valence-electron chi connectivity index (χ0n) is 18.6. The Balaban J connectivity index is 0.00000231. The number of benzene rings is 2. The molecule has 1 saturated heterocycles. The number of hydrogen-bond donors (Lipinski definition) is 2. The van der Waals surface area contributed by atoms with Crippen molar-refractivity contribution in [3.63, 3.8) is 0 Å². The van der Waals surface area contributed by atoms with E-state index in [0.717, 1.165) is 49.8 Å². The van der Waals surface area contributed by atoms with Crippen LogP contribution in [0.15, 0.2) is 59.6 Å². The van der Waals surface area contributed by atoms with Gasteiger partial charge in [0.1, 0.15) is 0 Å². The van der Waals surface area contributed by atoms with Crippen LogP contribution in [0.3, 0.4) is 0 Å². The maximum absolute atomic E-state index is 4.51. The quantitative estimate of drug-likeness (QED) is 0.342. The van der Waals surface area contributed by atoms with Crippen LogP contribution in [-0.4, -0.2) is 43.1 Å². The molecule has 1 saturated carbocycles. The van der Waals surface area contributed by atoms with Gasteiger partial charge in [-0.3, -0.25) is 9.89 Å². The molecule has 5 atom stereocenters. The number of aliphatic imine (C=N–C) groups is 1. The topological polar surface area (TPSA) is 39.7 Å². The highest BCUT2D eigenvalue weighted by molar-refractivity contribution is 14.0. The number of hydrogen-bond acceptors (Lipinski definition) is 2. The molecule has 0 bridgehead atoms. The van der Waals surface area contributed by atoms with Crippen molar-refractivity contribution in [2.75, 3.05) is 20.1 Å². The molecule has 2 fully saturated rings. The van der Waals surface area contributed by atoms with Gasteiger partial charge in [0.15, 0.2) is 5.96 Å². The average Bonchev–Trinajstić information content (AvgIpc) is 3.31. The first-order valence-corrected chi connectivity index (χ1v) is 11.6. The number of guanidine groups is 1. The first-order chi connectivity index (χ1) is 14.7. The van der Waals surface area contributed by atoms with Crippen molar-refractivity contribution >= 4 is 29.9 Å². The molecule has 5 unspecified atom stereocenters. The first kappa shape index (κ1) is 22.6. The third kappa shape index (κ3) is 4.92. The predicted octanol–water partition coefficient (Wildman–Crippen LogP) is 4.41. The van der Waals surface area contributed by atoms with E-state index in [-0.39, 0.29) is 24.0 Å². The summed E-state index contributed by atoms with van der Waals surface area (Å²) in [5, 5.41) is 7.33. The summed E-state index contributed by atoms with van der Waals surface area (Å²) in [6.45, 7) is 5.57. The van der Waals surface area contributed by atoms with E-state index in [1.54, 1.807) is 11.1 Å². The second-order valence-corrected chi connectivity index (χ2v) is 9.38. The van der Waals surface area contributed by atoms with Gasteiger partial charge in [-0.1, -0.05) is 54.6 Å². The Kier molecular flexibility index (Phi) is 7.22. The monoisotopic (exact) mass is 530 g/mol. The van der Waals surface area contributed by atoms with Crippen molar-refractivity contribution < 1.29 is 0 Å². The summed E-state index contributed by atoms with van der Waals surface area (Å²) >= 11 is 0. The molecule has 1 heterocycles. The molecule has 3 aliphatic rings.